The number of carbonyl (C=O) groups excluding carboxylic acids is 1. The number of rotatable bonds is 5. The van der Waals surface area contributed by atoms with Gasteiger partial charge in [0.05, 0.1) is 13.2 Å². The first-order chi connectivity index (χ1) is 15.2. The Kier molecular flexibility index (Phi) is 10.8. The fraction of sp³-hybridized carbons (Fsp3) is 0.917. The highest BCUT2D eigenvalue weighted by molar-refractivity contribution is 14.0. The van der Waals surface area contributed by atoms with Gasteiger partial charge < -0.3 is 19.9 Å². The molecule has 3 saturated heterocycles. The third-order valence-corrected chi connectivity index (χ3v) is 7.89. The van der Waals surface area contributed by atoms with Crippen LogP contribution in [0.3, 0.4) is 0 Å². The number of nitrogens with zero attached hydrogens (tertiary/aromatic N) is 4. The lowest BCUT2D eigenvalue weighted by Crippen LogP contribution is -2.51. The smallest absolute Gasteiger partial charge is 0.225 e. The van der Waals surface area contributed by atoms with Crippen molar-refractivity contribution in [3.8, 4) is 0 Å². The average Bonchev–Trinajstić information content (AvgIpc) is 3.27. The van der Waals surface area contributed by atoms with Crippen molar-refractivity contribution in [3.63, 3.8) is 0 Å². The van der Waals surface area contributed by atoms with Gasteiger partial charge in [-0.25, -0.2) is 0 Å². The molecule has 0 aromatic heterocycles. The van der Waals surface area contributed by atoms with Gasteiger partial charge >= 0.3 is 0 Å². The van der Waals surface area contributed by atoms with Gasteiger partial charge in [-0.05, 0) is 51.0 Å². The average molecular weight is 562 g/mol. The first-order valence-electron chi connectivity index (χ1n) is 12.8. The number of halogens is 1. The molecule has 7 nitrogen and oxygen atoms in total. The number of nitrogens with one attached hydrogen (secondary N) is 1. The van der Waals surface area contributed by atoms with E-state index in [-0.39, 0.29) is 29.9 Å². The van der Waals surface area contributed by atoms with Crippen molar-refractivity contribution in [2.45, 2.75) is 63.8 Å². The lowest BCUT2D eigenvalue weighted by atomic mass is 9.89. The summed E-state index contributed by atoms with van der Waals surface area (Å²) in [5.41, 5.74) is 0. The summed E-state index contributed by atoms with van der Waals surface area (Å²) in [6, 6.07) is 0.638. The van der Waals surface area contributed by atoms with Crippen LogP contribution < -0.4 is 5.32 Å². The Labute approximate surface area is 211 Å². The quantitative estimate of drug-likeness (QED) is 0.318. The number of hydrogen-bond acceptors (Lipinski definition) is 4. The van der Waals surface area contributed by atoms with E-state index in [0.717, 1.165) is 57.4 Å². The van der Waals surface area contributed by atoms with Crippen molar-refractivity contribution in [3.05, 3.63) is 0 Å². The predicted molar refractivity (Wildman–Crippen MR) is 140 cm³/mol. The van der Waals surface area contributed by atoms with Gasteiger partial charge in [0.2, 0.25) is 5.91 Å². The molecule has 184 valence electrons. The van der Waals surface area contributed by atoms with Crippen LogP contribution in [0, 0.1) is 11.8 Å². The van der Waals surface area contributed by atoms with Crippen LogP contribution in [0.25, 0.3) is 0 Å². The lowest BCUT2D eigenvalue weighted by Gasteiger charge is -2.37. The number of aliphatic imine (C=N–C) groups is 1. The zero-order valence-electron chi connectivity index (χ0n) is 20.0. The van der Waals surface area contributed by atoms with Gasteiger partial charge in [0.1, 0.15) is 0 Å². The van der Waals surface area contributed by atoms with Crippen LogP contribution in [0.4, 0.5) is 0 Å². The molecular formula is C24H44IN5O2. The summed E-state index contributed by atoms with van der Waals surface area (Å²) in [5.74, 6) is 2.42. The summed E-state index contributed by atoms with van der Waals surface area (Å²) in [5, 5.41) is 3.68. The number of amides is 1. The molecule has 0 radical (unpaired) electrons. The minimum atomic E-state index is 0. The summed E-state index contributed by atoms with van der Waals surface area (Å²) < 4.78 is 5.39. The lowest BCUT2D eigenvalue weighted by molar-refractivity contribution is -0.140. The Morgan fingerprint density at radius 3 is 2.31 bits per heavy atom. The van der Waals surface area contributed by atoms with E-state index in [0.29, 0.717) is 25.2 Å². The van der Waals surface area contributed by atoms with Crippen LogP contribution in [-0.2, 0) is 9.53 Å². The van der Waals surface area contributed by atoms with E-state index in [2.05, 4.69) is 20.1 Å². The first kappa shape index (κ1) is 26.0. The van der Waals surface area contributed by atoms with E-state index < -0.39 is 0 Å². The van der Waals surface area contributed by atoms with Crippen molar-refractivity contribution in [1.82, 2.24) is 20.0 Å². The second-order valence-corrected chi connectivity index (χ2v) is 9.92. The maximum atomic E-state index is 12.8. The molecule has 0 spiro atoms. The highest BCUT2D eigenvalue weighted by atomic mass is 127. The second kappa shape index (κ2) is 13.3. The molecule has 4 fully saturated rings. The van der Waals surface area contributed by atoms with Crippen molar-refractivity contribution in [2.24, 2.45) is 16.8 Å². The zero-order chi connectivity index (χ0) is 21.5. The molecule has 32 heavy (non-hydrogen) atoms. The molecule has 8 heteroatoms. The molecule has 3 heterocycles. The maximum Gasteiger partial charge on any atom is 0.225 e. The summed E-state index contributed by atoms with van der Waals surface area (Å²) in [6.07, 6.45) is 11.6. The Hall–Kier alpha value is -0.610. The van der Waals surface area contributed by atoms with Crippen LogP contribution in [0.15, 0.2) is 4.99 Å². The minimum Gasteiger partial charge on any atom is -0.378 e. The van der Waals surface area contributed by atoms with Gasteiger partial charge in [0.15, 0.2) is 5.96 Å². The highest BCUT2D eigenvalue weighted by Gasteiger charge is 2.31. The predicted octanol–water partition coefficient (Wildman–Crippen LogP) is 2.80. The van der Waals surface area contributed by atoms with Gasteiger partial charge in [-0.3, -0.25) is 14.7 Å². The topological polar surface area (TPSA) is 60.4 Å². The van der Waals surface area contributed by atoms with Crippen LogP contribution in [0.2, 0.25) is 0 Å². The Balaban J connectivity index is 0.00000289. The van der Waals surface area contributed by atoms with Gasteiger partial charge in [-0.2, -0.15) is 0 Å². The van der Waals surface area contributed by atoms with Gasteiger partial charge in [0.25, 0.3) is 0 Å². The number of guanidine groups is 1. The highest BCUT2D eigenvalue weighted by Crippen LogP contribution is 2.27. The van der Waals surface area contributed by atoms with E-state index in [1.165, 1.54) is 58.0 Å². The van der Waals surface area contributed by atoms with E-state index in [4.69, 9.17) is 4.74 Å². The zero-order valence-corrected chi connectivity index (χ0v) is 22.3. The summed E-state index contributed by atoms with van der Waals surface area (Å²) in [4.78, 5) is 24.5. The molecule has 3 aliphatic heterocycles. The second-order valence-electron chi connectivity index (χ2n) is 9.92. The number of hydrogen-bond donors (Lipinski definition) is 1. The number of ether oxygens (including phenoxy) is 1. The normalized spacial score (nSPS) is 26.8. The van der Waals surface area contributed by atoms with Crippen molar-refractivity contribution < 1.29 is 9.53 Å². The number of carbonyl (C=O) groups is 1. The SMILES string of the molecule is CN=C(NCC1CCCN1CC1CCCCC1)N1CCC(C(=O)N2CCOCC2)CC1.I. The molecule has 1 unspecified atom stereocenters. The molecule has 4 rings (SSSR count). The largest absolute Gasteiger partial charge is 0.378 e. The van der Waals surface area contributed by atoms with Gasteiger partial charge in [-0.1, -0.05) is 19.3 Å². The van der Waals surface area contributed by atoms with Gasteiger partial charge in [0, 0.05) is 58.3 Å². The van der Waals surface area contributed by atoms with Crippen LogP contribution in [-0.4, -0.2) is 98.7 Å². The summed E-state index contributed by atoms with van der Waals surface area (Å²) in [6.45, 7) is 8.23. The first-order valence-corrected chi connectivity index (χ1v) is 12.8. The van der Waals surface area contributed by atoms with Crippen LogP contribution in [0.1, 0.15) is 57.8 Å². The molecule has 1 N–H and O–H groups in total. The molecule has 1 aliphatic carbocycles. The van der Waals surface area contributed by atoms with Crippen LogP contribution >= 0.6 is 24.0 Å². The van der Waals surface area contributed by atoms with Crippen molar-refractivity contribution in [1.29, 1.82) is 0 Å². The number of morpholine rings is 1. The molecule has 0 aromatic carbocycles. The fourth-order valence-corrected chi connectivity index (χ4v) is 5.99. The Morgan fingerprint density at radius 1 is 0.906 bits per heavy atom. The van der Waals surface area contributed by atoms with E-state index in [1.54, 1.807) is 0 Å². The third kappa shape index (κ3) is 6.95. The third-order valence-electron chi connectivity index (χ3n) is 7.89. The number of likely N-dealkylation sites (tertiary alicyclic amines) is 2. The summed E-state index contributed by atoms with van der Waals surface area (Å²) >= 11 is 0. The fourth-order valence-electron chi connectivity index (χ4n) is 5.99. The molecule has 0 bridgehead atoms. The standard InChI is InChI=1S/C24H43N5O2.HI/c1-25-24(26-18-22-8-5-11-29(22)19-20-6-3-2-4-7-20)28-12-9-21(10-13-28)23(30)27-14-16-31-17-15-27;/h20-22H,2-19H2,1H3,(H,25,26);1H. The molecule has 1 saturated carbocycles. The molecular weight excluding hydrogens is 517 g/mol. The minimum absolute atomic E-state index is 0. The van der Waals surface area contributed by atoms with E-state index >= 15 is 0 Å². The summed E-state index contributed by atoms with van der Waals surface area (Å²) in [7, 11) is 1.89. The van der Waals surface area contributed by atoms with E-state index in [1.807, 2.05) is 11.9 Å². The van der Waals surface area contributed by atoms with Crippen LogP contribution in [0.5, 0.6) is 0 Å². The Bertz CT molecular complexity index is 599. The molecule has 1 amide bonds. The van der Waals surface area contributed by atoms with Crippen molar-refractivity contribution in [2.75, 3.05) is 66.1 Å². The van der Waals surface area contributed by atoms with E-state index in [9.17, 15) is 4.79 Å². The maximum absolute atomic E-state index is 12.8. The molecule has 0 aromatic rings. The van der Waals surface area contributed by atoms with Gasteiger partial charge in [-0.15, -0.1) is 24.0 Å². The van der Waals surface area contributed by atoms with Crippen molar-refractivity contribution >= 4 is 35.8 Å². The number of piperidine rings is 1. The monoisotopic (exact) mass is 561 g/mol. The molecule has 1 atom stereocenters. The Morgan fingerprint density at radius 2 is 1.62 bits per heavy atom. The molecule has 4 aliphatic rings.